The van der Waals surface area contributed by atoms with Crippen molar-refractivity contribution in [3.05, 3.63) is 28.2 Å². The Bertz CT molecular complexity index is 353. The van der Waals surface area contributed by atoms with Gasteiger partial charge in [-0.3, -0.25) is 0 Å². The first-order valence-corrected chi connectivity index (χ1v) is 6.62. The predicted molar refractivity (Wildman–Crippen MR) is 78.7 cm³/mol. The third-order valence-corrected chi connectivity index (χ3v) is 3.32. The Balaban J connectivity index is 2.70. The standard InChI is InChI=1S/C13H22BrN3/c1-15-10-11-5-6-13(12(14)9-11)17(4)8-7-16(2)3/h5-6,9,15H,7-8,10H2,1-4H3. The van der Waals surface area contributed by atoms with Gasteiger partial charge in [-0.1, -0.05) is 6.07 Å². The summed E-state index contributed by atoms with van der Waals surface area (Å²) in [6.07, 6.45) is 0. The zero-order valence-electron chi connectivity index (χ0n) is 11.1. The topological polar surface area (TPSA) is 18.5 Å². The Morgan fingerprint density at radius 1 is 1.18 bits per heavy atom. The van der Waals surface area contributed by atoms with Crippen LogP contribution in [0.4, 0.5) is 5.69 Å². The van der Waals surface area contributed by atoms with Crippen molar-refractivity contribution in [2.45, 2.75) is 6.54 Å². The minimum atomic E-state index is 0.903. The van der Waals surface area contributed by atoms with Gasteiger partial charge in [0.15, 0.2) is 0 Å². The average molecular weight is 300 g/mol. The van der Waals surface area contributed by atoms with Gasteiger partial charge >= 0.3 is 0 Å². The molecule has 0 heterocycles. The first kappa shape index (κ1) is 14.5. The number of benzene rings is 1. The molecule has 0 atom stereocenters. The molecule has 17 heavy (non-hydrogen) atoms. The van der Waals surface area contributed by atoms with E-state index < -0.39 is 0 Å². The number of anilines is 1. The van der Waals surface area contributed by atoms with Crippen LogP contribution in [0.5, 0.6) is 0 Å². The maximum atomic E-state index is 3.64. The SMILES string of the molecule is CNCc1ccc(N(C)CCN(C)C)c(Br)c1. The molecule has 96 valence electrons. The molecule has 0 aliphatic rings. The van der Waals surface area contributed by atoms with Gasteiger partial charge in [-0.15, -0.1) is 0 Å². The van der Waals surface area contributed by atoms with Gasteiger partial charge in [0.05, 0.1) is 5.69 Å². The second kappa shape index (κ2) is 6.99. The van der Waals surface area contributed by atoms with Crippen LogP contribution in [0.15, 0.2) is 22.7 Å². The summed E-state index contributed by atoms with van der Waals surface area (Å²) in [5, 5.41) is 3.16. The van der Waals surface area contributed by atoms with Gasteiger partial charge in [-0.25, -0.2) is 0 Å². The highest BCUT2D eigenvalue weighted by atomic mass is 79.9. The van der Waals surface area contributed by atoms with Crippen molar-refractivity contribution in [2.24, 2.45) is 0 Å². The summed E-state index contributed by atoms with van der Waals surface area (Å²) < 4.78 is 1.16. The zero-order chi connectivity index (χ0) is 12.8. The molecule has 0 aliphatic carbocycles. The molecule has 0 radical (unpaired) electrons. The minimum absolute atomic E-state index is 0.903. The molecule has 4 heteroatoms. The second-order valence-electron chi connectivity index (χ2n) is 4.54. The van der Waals surface area contributed by atoms with Crippen molar-refractivity contribution in [1.29, 1.82) is 0 Å². The highest BCUT2D eigenvalue weighted by Gasteiger charge is 2.06. The largest absolute Gasteiger partial charge is 0.372 e. The zero-order valence-corrected chi connectivity index (χ0v) is 12.7. The van der Waals surface area contributed by atoms with Crippen LogP contribution in [0.1, 0.15) is 5.56 Å². The fourth-order valence-electron chi connectivity index (χ4n) is 1.64. The van der Waals surface area contributed by atoms with Crippen molar-refractivity contribution in [1.82, 2.24) is 10.2 Å². The fourth-order valence-corrected chi connectivity index (χ4v) is 2.37. The van der Waals surface area contributed by atoms with Crippen LogP contribution in [0.25, 0.3) is 0 Å². The van der Waals surface area contributed by atoms with E-state index >= 15 is 0 Å². The molecule has 1 N–H and O–H groups in total. The number of nitrogens with one attached hydrogen (secondary N) is 1. The van der Waals surface area contributed by atoms with E-state index in [0.29, 0.717) is 0 Å². The normalized spacial score (nSPS) is 10.9. The molecular formula is C13H22BrN3. The molecule has 0 aliphatic heterocycles. The molecule has 0 unspecified atom stereocenters. The molecule has 0 amide bonds. The Labute approximate surface area is 113 Å². The lowest BCUT2D eigenvalue weighted by molar-refractivity contribution is 0.416. The summed E-state index contributed by atoms with van der Waals surface area (Å²) in [6, 6.07) is 6.52. The highest BCUT2D eigenvalue weighted by molar-refractivity contribution is 9.10. The molecule has 0 aromatic heterocycles. The van der Waals surface area contributed by atoms with Gasteiger partial charge in [0, 0.05) is 31.2 Å². The summed E-state index contributed by atoms with van der Waals surface area (Å²) >= 11 is 3.64. The lowest BCUT2D eigenvalue weighted by atomic mass is 10.2. The molecule has 0 fully saturated rings. The number of nitrogens with zero attached hydrogens (tertiary/aromatic N) is 2. The average Bonchev–Trinajstić information content (AvgIpc) is 2.26. The molecule has 1 aromatic carbocycles. The van der Waals surface area contributed by atoms with Crippen molar-refractivity contribution < 1.29 is 0 Å². The van der Waals surface area contributed by atoms with Crippen LogP contribution in [0.2, 0.25) is 0 Å². The minimum Gasteiger partial charge on any atom is -0.372 e. The second-order valence-corrected chi connectivity index (χ2v) is 5.40. The monoisotopic (exact) mass is 299 g/mol. The van der Waals surface area contributed by atoms with Gasteiger partial charge in [-0.2, -0.15) is 0 Å². The fraction of sp³-hybridized carbons (Fsp3) is 0.538. The van der Waals surface area contributed by atoms with Crippen LogP contribution < -0.4 is 10.2 Å². The lowest BCUT2D eigenvalue weighted by Gasteiger charge is -2.23. The van der Waals surface area contributed by atoms with E-state index in [2.05, 4.69) is 70.4 Å². The Kier molecular flexibility index (Phi) is 5.95. The van der Waals surface area contributed by atoms with Crippen molar-refractivity contribution in [3.63, 3.8) is 0 Å². The van der Waals surface area contributed by atoms with E-state index in [1.165, 1.54) is 11.3 Å². The lowest BCUT2D eigenvalue weighted by Crippen LogP contribution is -2.28. The van der Waals surface area contributed by atoms with Crippen LogP contribution in [0.3, 0.4) is 0 Å². The molecule has 0 saturated carbocycles. The third kappa shape index (κ3) is 4.66. The third-order valence-electron chi connectivity index (χ3n) is 2.69. The van der Waals surface area contributed by atoms with Gasteiger partial charge in [-0.05, 0) is 54.8 Å². The van der Waals surface area contributed by atoms with Crippen LogP contribution in [-0.4, -0.2) is 46.2 Å². The number of hydrogen-bond acceptors (Lipinski definition) is 3. The maximum Gasteiger partial charge on any atom is 0.0508 e. The van der Waals surface area contributed by atoms with Crippen LogP contribution in [0, 0.1) is 0 Å². The van der Waals surface area contributed by atoms with E-state index in [4.69, 9.17) is 0 Å². The number of likely N-dealkylation sites (N-methyl/N-ethyl adjacent to an activating group) is 2. The van der Waals surface area contributed by atoms with Gasteiger partial charge in [0.2, 0.25) is 0 Å². The molecule has 1 aromatic rings. The van der Waals surface area contributed by atoms with Crippen molar-refractivity contribution in [3.8, 4) is 0 Å². The molecule has 0 spiro atoms. The highest BCUT2D eigenvalue weighted by Crippen LogP contribution is 2.26. The van der Waals surface area contributed by atoms with Gasteiger partial charge < -0.3 is 15.1 Å². The summed E-state index contributed by atoms with van der Waals surface area (Å²) in [4.78, 5) is 4.47. The Morgan fingerprint density at radius 3 is 2.41 bits per heavy atom. The van der Waals surface area contributed by atoms with E-state index in [1.54, 1.807) is 0 Å². The first-order chi connectivity index (χ1) is 8.04. The number of hydrogen-bond donors (Lipinski definition) is 1. The molecule has 0 saturated heterocycles. The number of rotatable bonds is 6. The first-order valence-electron chi connectivity index (χ1n) is 5.83. The smallest absolute Gasteiger partial charge is 0.0508 e. The summed E-state index contributed by atoms with van der Waals surface area (Å²) in [5.74, 6) is 0. The molecule has 3 nitrogen and oxygen atoms in total. The van der Waals surface area contributed by atoms with Crippen molar-refractivity contribution in [2.75, 3.05) is 46.2 Å². The van der Waals surface area contributed by atoms with Crippen LogP contribution in [-0.2, 0) is 6.54 Å². The van der Waals surface area contributed by atoms with Gasteiger partial charge in [0.25, 0.3) is 0 Å². The quantitative estimate of drug-likeness (QED) is 0.868. The van der Waals surface area contributed by atoms with Crippen molar-refractivity contribution >= 4 is 21.6 Å². The van der Waals surface area contributed by atoms with Gasteiger partial charge in [0.1, 0.15) is 0 Å². The molecule has 1 rings (SSSR count). The Morgan fingerprint density at radius 2 is 1.88 bits per heavy atom. The maximum absolute atomic E-state index is 3.64. The summed E-state index contributed by atoms with van der Waals surface area (Å²) in [5.41, 5.74) is 2.54. The molecule has 0 bridgehead atoms. The Hall–Kier alpha value is -0.580. The predicted octanol–water partition coefficient (Wildman–Crippen LogP) is 2.17. The summed E-state index contributed by atoms with van der Waals surface area (Å²) in [7, 11) is 8.28. The van der Waals surface area contributed by atoms with Crippen LogP contribution >= 0.6 is 15.9 Å². The van der Waals surface area contributed by atoms with E-state index in [0.717, 1.165) is 24.1 Å². The number of halogens is 1. The van der Waals surface area contributed by atoms with E-state index in [9.17, 15) is 0 Å². The summed E-state index contributed by atoms with van der Waals surface area (Å²) in [6.45, 7) is 2.98. The van der Waals surface area contributed by atoms with E-state index in [-0.39, 0.29) is 0 Å². The molecular weight excluding hydrogens is 278 g/mol. The van der Waals surface area contributed by atoms with E-state index in [1.807, 2.05) is 7.05 Å².